The second-order valence-corrected chi connectivity index (χ2v) is 4.95. The molecule has 1 fully saturated rings. The van der Waals surface area contributed by atoms with E-state index in [-0.39, 0.29) is 5.91 Å². The van der Waals surface area contributed by atoms with Crippen LogP contribution in [0.3, 0.4) is 0 Å². The monoisotopic (exact) mass is 235 g/mol. The van der Waals surface area contributed by atoms with Gasteiger partial charge in [-0.25, -0.2) is 4.79 Å². The summed E-state index contributed by atoms with van der Waals surface area (Å²) in [6.45, 7) is 1.65. The van der Waals surface area contributed by atoms with Gasteiger partial charge in [0, 0.05) is 42.2 Å². The number of hydrogen-bond acceptors (Lipinski definition) is 3. The number of hydrogen-bond donors (Lipinski definition) is 0. The minimum atomic E-state index is 0.0847. The maximum Gasteiger partial charge on any atom is 0.253 e. The Bertz CT molecular complexity index is 399. The van der Waals surface area contributed by atoms with E-state index >= 15 is 0 Å². The molecule has 0 aromatic carbocycles. The molecular weight excluding hydrogens is 222 g/mol. The predicted octanol–water partition coefficient (Wildman–Crippen LogP) is 1.21. The summed E-state index contributed by atoms with van der Waals surface area (Å²) in [5.41, 5.74) is 1.30. The lowest BCUT2D eigenvalue weighted by molar-refractivity contribution is -0.126. The standard InChI is InChI=1S/C12H13NO2S/c14-9-10-1-3-11(4-2-10)12(15)13-5-7-16-8-6-13/h1,3-4H,2,5-8H2. The third-order valence-corrected chi connectivity index (χ3v) is 3.62. The number of carbonyl (C=O) groups excluding carboxylic acids is 2. The van der Waals surface area contributed by atoms with Crippen LogP contribution in [-0.2, 0) is 9.59 Å². The highest BCUT2D eigenvalue weighted by Crippen LogP contribution is 2.17. The van der Waals surface area contributed by atoms with Gasteiger partial charge in [0.15, 0.2) is 0 Å². The van der Waals surface area contributed by atoms with Gasteiger partial charge in [-0.3, -0.25) is 4.79 Å². The van der Waals surface area contributed by atoms with Crippen molar-refractivity contribution in [2.45, 2.75) is 6.42 Å². The van der Waals surface area contributed by atoms with Crippen molar-refractivity contribution in [3.63, 3.8) is 0 Å². The van der Waals surface area contributed by atoms with E-state index in [2.05, 4.69) is 0 Å². The van der Waals surface area contributed by atoms with E-state index in [1.54, 1.807) is 12.2 Å². The first kappa shape index (κ1) is 11.2. The van der Waals surface area contributed by atoms with Crippen molar-refractivity contribution in [1.29, 1.82) is 0 Å². The SMILES string of the molecule is O=C=C1C=CC(C(=O)N2CCSCC2)=CC1. The second-order valence-electron chi connectivity index (χ2n) is 3.73. The average molecular weight is 235 g/mol. The Labute approximate surface area is 98.9 Å². The first-order valence-corrected chi connectivity index (χ1v) is 6.46. The Morgan fingerprint density at radius 1 is 1.31 bits per heavy atom. The fourth-order valence-electron chi connectivity index (χ4n) is 1.73. The van der Waals surface area contributed by atoms with E-state index in [0.717, 1.165) is 24.6 Å². The van der Waals surface area contributed by atoms with Gasteiger partial charge >= 0.3 is 0 Å². The molecule has 1 saturated heterocycles. The normalized spacial score (nSPS) is 20.4. The topological polar surface area (TPSA) is 37.4 Å². The zero-order valence-electron chi connectivity index (χ0n) is 8.94. The van der Waals surface area contributed by atoms with Gasteiger partial charge in [-0.2, -0.15) is 11.8 Å². The highest BCUT2D eigenvalue weighted by molar-refractivity contribution is 7.99. The molecule has 1 heterocycles. The highest BCUT2D eigenvalue weighted by atomic mass is 32.2. The molecule has 1 aliphatic heterocycles. The van der Waals surface area contributed by atoms with Crippen molar-refractivity contribution < 1.29 is 9.59 Å². The van der Waals surface area contributed by atoms with Crippen LogP contribution in [0.1, 0.15) is 6.42 Å². The van der Waals surface area contributed by atoms with Crippen LogP contribution in [0.15, 0.2) is 29.4 Å². The van der Waals surface area contributed by atoms with E-state index < -0.39 is 0 Å². The molecule has 1 amide bonds. The van der Waals surface area contributed by atoms with Crippen molar-refractivity contribution in [2.24, 2.45) is 0 Å². The predicted molar refractivity (Wildman–Crippen MR) is 65.0 cm³/mol. The molecule has 84 valence electrons. The van der Waals surface area contributed by atoms with Gasteiger partial charge in [0.05, 0.1) is 0 Å². The molecule has 0 radical (unpaired) electrons. The van der Waals surface area contributed by atoms with Crippen LogP contribution < -0.4 is 0 Å². The van der Waals surface area contributed by atoms with Crippen molar-refractivity contribution >= 4 is 23.6 Å². The first-order valence-electron chi connectivity index (χ1n) is 5.30. The van der Waals surface area contributed by atoms with Crippen molar-refractivity contribution in [3.8, 4) is 0 Å². The number of nitrogens with zero attached hydrogens (tertiary/aromatic N) is 1. The van der Waals surface area contributed by atoms with E-state index in [1.165, 1.54) is 0 Å². The Morgan fingerprint density at radius 3 is 2.62 bits per heavy atom. The van der Waals surface area contributed by atoms with Crippen molar-refractivity contribution in [1.82, 2.24) is 4.90 Å². The number of carbonyl (C=O) groups is 1. The number of rotatable bonds is 1. The molecule has 3 nitrogen and oxygen atoms in total. The van der Waals surface area contributed by atoms with Crippen molar-refractivity contribution in [2.75, 3.05) is 24.6 Å². The minimum Gasteiger partial charge on any atom is -0.337 e. The van der Waals surface area contributed by atoms with E-state index in [9.17, 15) is 9.59 Å². The maximum atomic E-state index is 12.0. The minimum absolute atomic E-state index is 0.0847. The largest absolute Gasteiger partial charge is 0.337 e. The van der Waals surface area contributed by atoms with Gasteiger partial charge in [-0.15, -0.1) is 0 Å². The average Bonchev–Trinajstić information content (AvgIpc) is 2.39. The zero-order chi connectivity index (χ0) is 11.4. The fraction of sp³-hybridized carbons (Fsp3) is 0.417. The van der Waals surface area contributed by atoms with Gasteiger partial charge in [0.25, 0.3) is 5.91 Å². The van der Waals surface area contributed by atoms with Crippen molar-refractivity contribution in [3.05, 3.63) is 29.4 Å². The molecule has 0 N–H and O–H groups in total. The van der Waals surface area contributed by atoms with Crippen LogP contribution >= 0.6 is 11.8 Å². The lowest BCUT2D eigenvalue weighted by Crippen LogP contribution is -2.38. The van der Waals surface area contributed by atoms with Gasteiger partial charge in [0.2, 0.25) is 0 Å². The van der Waals surface area contributed by atoms with Crippen LogP contribution in [0, 0.1) is 0 Å². The third kappa shape index (κ3) is 2.46. The molecule has 0 atom stereocenters. The Kier molecular flexibility index (Phi) is 3.65. The molecule has 16 heavy (non-hydrogen) atoms. The summed E-state index contributed by atoms with van der Waals surface area (Å²) in [5, 5.41) is 0. The third-order valence-electron chi connectivity index (χ3n) is 2.68. The zero-order valence-corrected chi connectivity index (χ0v) is 9.76. The summed E-state index contributed by atoms with van der Waals surface area (Å²) in [6.07, 6.45) is 5.72. The van der Waals surface area contributed by atoms with Crippen LogP contribution in [0.2, 0.25) is 0 Å². The molecule has 4 heteroatoms. The van der Waals surface area contributed by atoms with Gasteiger partial charge in [0.1, 0.15) is 5.94 Å². The molecule has 0 saturated carbocycles. The maximum absolute atomic E-state index is 12.0. The summed E-state index contributed by atoms with van der Waals surface area (Å²) in [6, 6.07) is 0. The molecule has 0 bridgehead atoms. The Morgan fingerprint density at radius 2 is 2.06 bits per heavy atom. The van der Waals surface area contributed by atoms with E-state index in [4.69, 9.17) is 0 Å². The summed E-state index contributed by atoms with van der Waals surface area (Å²) in [4.78, 5) is 24.3. The first-order chi connectivity index (χ1) is 7.81. The number of thioether (sulfide) groups is 1. The molecule has 0 aromatic heterocycles. The van der Waals surface area contributed by atoms with Crippen LogP contribution in [0.4, 0.5) is 0 Å². The number of amides is 1. The summed E-state index contributed by atoms with van der Waals surface area (Å²) in [7, 11) is 0. The highest BCUT2D eigenvalue weighted by Gasteiger charge is 2.19. The summed E-state index contributed by atoms with van der Waals surface area (Å²) < 4.78 is 0. The summed E-state index contributed by atoms with van der Waals surface area (Å²) >= 11 is 1.88. The van der Waals surface area contributed by atoms with E-state index in [0.29, 0.717) is 17.6 Å². The van der Waals surface area contributed by atoms with Gasteiger partial charge in [-0.1, -0.05) is 6.08 Å². The Hall–Kier alpha value is -1.25. The molecule has 0 spiro atoms. The van der Waals surface area contributed by atoms with Gasteiger partial charge in [-0.05, 0) is 12.2 Å². The molecule has 0 unspecified atom stereocenters. The van der Waals surface area contributed by atoms with Crippen LogP contribution in [0.25, 0.3) is 0 Å². The van der Waals surface area contributed by atoms with Crippen LogP contribution in [0.5, 0.6) is 0 Å². The lowest BCUT2D eigenvalue weighted by atomic mass is 10.0. The molecule has 1 aliphatic carbocycles. The molecule has 0 aromatic rings. The van der Waals surface area contributed by atoms with E-state index in [1.807, 2.05) is 28.7 Å². The smallest absolute Gasteiger partial charge is 0.253 e. The second kappa shape index (κ2) is 5.19. The summed E-state index contributed by atoms with van der Waals surface area (Å²) in [5.74, 6) is 3.97. The lowest BCUT2D eigenvalue weighted by Gasteiger charge is -2.27. The number of allylic oxidation sites excluding steroid dienone is 3. The molecular formula is C12H13NO2S. The molecule has 2 rings (SSSR count). The molecule has 2 aliphatic rings. The fourth-order valence-corrected chi connectivity index (χ4v) is 2.63. The quantitative estimate of drug-likeness (QED) is 0.641. The van der Waals surface area contributed by atoms with Crippen LogP contribution in [-0.4, -0.2) is 41.3 Å². The van der Waals surface area contributed by atoms with Gasteiger partial charge < -0.3 is 4.90 Å². The Balaban J connectivity index is 2.03.